The number of amides is 2. The maximum atomic E-state index is 13.7. The molecule has 2 amide bonds. The summed E-state index contributed by atoms with van der Waals surface area (Å²) in [4.78, 5) is 35.0. The minimum absolute atomic E-state index is 0.0588. The van der Waals surface area contributed by atoms with Crippen LogP contribution < -0.4 is 10.2 Å². The normalized spacial score (nSPS) is 19.5. The number of fused-ring (bicyclic) bond motifs is 8. The fourth-order valence-electron chi connectivity index (χ4n) is 6.63. The van der Waals surface area contributed by atoms with E-state index in [1.807, 2.05) is 0 Å². The Morgan fingerprint density at radius 1 is 0.821 bits per heavy atom. The number of hydrogen-bond donors (Lipinski definition) is 1. The Morgan fingerprint density at radius 2 is 1.36 bits per heavy atom. The molecular formula is C29H22Br2F2N4O2. The van der Waals surface area contributed by atoms with E-state index in [0.29, 0.717) is 20.0 Å². The van der Waals surface area contributed by atoms with Crippen molar-refractivity contribution in [3.63, 3.8) is 0 Å². The summed E-state index contributed by atoms with van der Waals surface area (Å²) in [6, 6.07) is 6.32. The van der Waals surface area contributed by atoms with Gasteiger partial charge in [0.2, 0.25) is 11.8 Å². The third kappa shape index (κ3) is 3.33. The molecule has 6 nitrogen and oxygen atoms in total. The number of aromatic nitrogens is 2. The van der Waals surface area contributed by atoms with Crippen LogP contribution in [0.3, 0.4) is 0 Å². The Morgan fingerprint density at radius 3 is 1.90 bits per heavy atom. The van der Waals surface area contributed by atoms with E-state index in [9.17, 15) is 18.4 Å². The van der Waals surface area contributed by atoms with E-state index in [0.717, 1.165) is 71.8 Å². The van der Waals surface area contributed by atoms with Crippen LogP contribution in [-0.2, 0) is 20.4 Å². The average molecular weight is 656 g/mol. The van der Waals surface area contributed by atoms with Crippen molar-refractivity contribution in [2.24, 2.45) is 0 Å². The molecular weight excluding hydrogens is 634 g/mol. The minimum atomic E-state index is -0.409. The van der Waals surface area contributed by atoms with Gasteiger partial charge in [0.05, 0.1) is 54.6 Å². The van der Waals surface area contributed by atoms with Crippen molar-refractivity contribution in [2.75, 3.05) is 17.3 Å². The number of halogens is 4. The van der Waals surface area contributed by atoms with Crippen molar-refractivity contribution in [3.05, 3.63) is 68.4 Å². The lowest BCUT2D eigenvalue weighted by Gasteiger charge is -2.37. The monoisotopic (exact) mass is 654 g/mol. The molecule has 198 valence electrons. The molecule has 4 aliphatic rings. The molecule has 39 heavy (non-hydrogen) atoms. The van der Waals surface area contributed by atoms with Crippen molar-refractivity contribution in [2.45, 2.75) is 49.4 Å². The summed E-state index contributed by atoms with van der Waals surface area (Å²) in [6.45, 7) is 0. The molecule has 2 aliphatic heterocycles. The topological polar surface area (TPSA) is 75.2 Å². The highest BCUT2D eigenvalue weighted by Gasteiger charge is 2.54. The SMILES string of the molecule is CN1C(=O)C2(CCC2)c2c1cnc1cc(F)c(Br)cc21.O=C1Nc2cnc3cc(F)c(Br)cc3c2C12CCC2. The molecule has 0 saturated heterocycles. The first-order valence-electron chi connectivity index (χ1n) is 12.8. The average Bonchev–Trinajstić information content (AvgIpc) is 3.29. The molecule has 2 aromatic heterocycles. The lowest BCUT2D eigenvalue weighted by Crippen LogP contribution is -2.43. The maximum absolute atomic E-state index is 13.7. The standard InChI is InChI=1S/C15H12BrFN2O.C14H10BrFN2O/c1-19-12-7-18-11-6-10(17)9(16)5-8(11)13(12)15(14(19)20)3-2-4-15;15-8-4-7-10(5-9(8)16)17-6-11-12(7)14(2-1-3-14)13(19)18-11/h5-7H,2-4H2,1H3;4-6H,1-3H2,(H,18,19). The zero-order chi connectivity index (χ0) is 27.3. The van der Waals surface area contributed by atoms with E-state index in [4.69, 9.17) is 0 Å². The number of likely N-dealkylation sites (N-methyl/N-ethyl adjacent to an activating group) is 1. The number of nitrogens with one attached hydrogen (secondary N) is 1. The fraction of sp³-hybridized carbons (Fsp3) is 0.310. The molecule has 2 aromatic carbocycles. The first kappa shape index (κ1) is 25.0. The van der Waals surface area contributed by atoms with Crippen LogP contribution in [0.4, 0.5) is 20.2 Å². The van der Waals surface area contributed by atoms with Gasteiger partial charge in [-0.15, -0.1) is 0 Å². The molecule has 2 spiro atoms. The first-order valence-corrected chi connectivity index (χ1v) is 14.4. The van der Waals surface area contributed by atoms with Crippen LogP contribution in [0.25, 0.3) is 21.8 Å². The van der Waals surface area contributed by atoms with Gasteiger partial charge in [-0.05, 0) is 69.7 Å². The highest BCUT2D eigenvalue weighted by Crippen LogP contribution is 2.55. The van der Waals surface area contributed by atoms with Gasteiger partial charge >= 0.3 is 0 Å². The van der Waals surface area contributed by atoms with Gasteiger partial charge in [0.1, 0.15) is 11.6 Å². The molecule has 2 fully saturated rings. The number of benzene rings is 2. The van der Waals surface area contributed by atoms with E-state index >= 15 is 0 Å². The van der Waals surface area contributed by atoms with Gasteiger partial charge in [0.15, 0.2) is 0 Å². The summed E-state index contributed by atoms with van der Waals surface area (Å²) in [7, 11) is 1.79. The van der Waals surface area contributed by atoms with Gasteiger partial charge in [-0.2, -0.15) is 0 Å². The number of anilines is 2. The Hall–Kier alpha value is -2.98. The van der Waals surface area contributed by atoms with Gasteiger partial charge in [-0.1, -0.05) is 12.8 Å². The van der Waals surface area contributed by atoms with Crippen molar-refractivity contribution < 1.29 is 18.4 Å². The van der Waals surface area contributed by atoms with Crippen molar-refractivity contribution in [1.29, 1.82) is 0 Å². The number of hydrogen-bond acceptors (Lipinski definition) is 4. The van der Waals surface area contributed by atoms with Crippen molar-refractivity contribution >= 4 is 76.9 Å². The number of nitrogens with zero attached hydrogens (tertiary/aromatic N) is 3. The zero-order valence-corrected chi connectivity index (χ0v) is 24.0. The Labute approximate surface area is 239 Å². The Bertz CT molecular complexity index is 1770. The zero-order valence-electron chi connectivity index (χ0n) is 20.9. The first-order chi connectivity index (χ1) is 18.7. The van der Waals surface area contributed by atoms with Gasteiger partial charge in [-0.3, -0.25) is 19.6 Å². The predicted octanol–water partition coefficient (Wildman–Crippen LogP) is 7.04. The highest BCUT2D eigenvalue weighted by atomic mass is 79.9. The lowest BCUT2D eigenvalue weighted by molar-refractivity contribution is -0.125. The van der Waals surface area contributed by atoms with Crippen LogP contribution >= 0.6 is 31.9 Å². The van der Waals surface area contributed by atoms with Crippen LogP contribution in [-0.4, -0.2) is 28.8 Å². The van der Waals surface area contributed by atoms with Crippen molar-refractivity contribution in [1.82, 2.24) is 9.97 Å². The Balaban J connectivity index is 0.000000130. The van der Waals surface area contributed by atoms with Gasteiger partial charge in [0.25, 0.3) is 0 Å². The third-order valence-electron chi connectivity index (χ3n) is 8.93. The second kappa shape index (κ2) is 8.51. The number of pyridine rings is 2. The van der Waals surface area contributed by atoms with Crippen LogP contribution in [0.1, 0.15) is 49.7 Å². The largest absolute Gasteiger partial charge is 0.324 e. The number of carbonyl (C=O) groups is 2. The summed E-state index contributed by atoms with van der Waals surface area (Å²) in [5.74, 6) is -0.456. The van der Waals surface area contributed by atoms with Crippen LogP contribution in [0.5, 0.6) is 0 Å². The fourth-order valence-corrected chi connectivity index (χ4v) is 7.31. The van der Waals surface area contributed by atoms with Crippen LogP contribution in [0.15, 0.2) is 45.6 Å². The Kier molecular flexibility index (Phi) is 5.46. The molecule has 2 aliphatic carbocycles. The number of rotatable bonds is 0. The third-order valence-corrected chi connectivity index (χ3v) is 10.1. The van der Waals surface area contributed by atoms with Crippen molar-refractivity contribution in [3.8, 4) is 0 Å². The second-order valence-corrected chi connectivity index (χ2v) is 12.5. The van der Waals surface area contributed by atoms with Crippen LogP contribution in [0.2, 0.25) is 0 Å². The molecule has 0 unspecified atom stereocenters. The summed E-state index contributed by atoms with van der Waals surface area (Å²) < 4.78 is 28.1. The molecule has 4 heterocycles. The summed E-state index contributed by atoms with van der Waals surface area (Å²) in [6.07, 6.45) is 8.91. The quantitative estimate of drug-likeness (QED) is 0.220. The van der Waals surface area contributed by atoms with E-state index < -0.39 is 10.8 Å². The van der Waals surface area contributed by atoms with E-state index in [-0.39, 0.29) is 23.4 Å². The van der Waals surface area contributed by atoms with Crippen LogP contribution in [0, 0.1) is 11.6 Å². The van der Waals surface area contributed by atoms with Gasteiger partial charge < -0.3 is 10.2 Å². The smallest absolute Gasteiger partial charge is 0.237 e. The number of carbonyl (C=O) groups excluding carboxylic acids is 2. The lowest BCUT2D eigenvalue weighted by atomic mass is 9.64. The molecule has 2 saturated carbocycles. The molecule has 4 aromatic rings. The summed E-state index contributed by atoms with van der Waals surface area (Å²) >= 11 is 6.44. The summed E-state index contributed by atoms with van der Waals surface area (Å²) in [5, 5.41) is 4.65. The molecule has 0 atom stereocenters. The second-order valence-electron chi connectivity index (χ2n) is 10.8. The molecule has 0 bridgehead atoms. The van der Waals surface area contributed by atoms with E-state index in [1.165, 1.54) is 12.1 Å². The minimum Gasteiger partial charge on any atom is -0.324 e. The molecule has 0 radical (unpaired) electrons. The van der Waals surface area contributed by atoms with E-state index in [1.54, 1.807) is 36.5 Å². The highest BCUT2D eigenvalue weighted by molar-refractivity contribution is 9.10. The predicted molar refractivity (Wildman–Crippen MR) is 152 cm³/mol. The van der Waals surface area contributed by atoms with E-state index in [2.05, 4.69) is 47.1 Å². The molecule has 1 N–H and O–H groups in total. The van der Waals surface area contributed by atoms with Gasteiger partial charge in [0, 0.05) is 41.1 Å². The maximum Gasteiger partial charge on any atom is 0.237 e. The molecule has 8 rings (SSSR count). The summed E-state index contributed by atoms with van der Waals surface area (Å²) in [5.41, 5.74) is 4.06. The van der Waals surface area contributed by atoms with Gasteiger partial charge in [-0.25, -0.2) is 8.78 Å². The molecule has 10 heteroatoms.